The van der Waals surface area contributed by atoms with Gasteiger partial charge >= 0.3 is 0 Å². The third-order valence-electron chi connectivity index (χ3n) is 2.87. The van der Waals surface area contributed by atoms with Gasteiger partial charge in [-0.25, -0.2) is 0 Å². The molecule has 0 bridgehead atoms. The molecule has 2 nitrogen and oxygen atoms in total. The van der Waals surface area contributed by atoms with Crippen molar-refractivity contribution < 1.29 is 5.11 Å². The topological polar surface area (TPSA) is 23.5 Å². The van der Waals surface area contributed by atoms with Gasteiger partial charge in [-0.05, 0) is 31.0 Å². The van der Waals surface area contributed by atoms with Crippen molar-refractivity contribution in [2.75, 3.05) is 11.9 Å². The van der Waals surface area contributed by atoms with Crippen molar-refractivity contribution in [2.45, 2.75) is 32.9 Å². The Bertz CT molecular complexity index is 327. The maximum Gasteiger partial charge on any atom is 0.0692 e. The van der Waals surface area contributed by atoms with E-state index in [0.29, 0.717) is 6.04 Å². The summed E-state index contributed by atoms with van der Waals surface area (Å²) in [7, 11) is 2.09. The molecule has 1 aromatic rings. The first-order chi connectivity index (χ1) is 7.10. The van der Waals surface area contributed by atoms with Gasteiger partial charge in [-0.2, -0.15) is 0 Å². The van der Waals surface area contributed by atoms with E-state index in [0.717, 1.165) is 16.5 Å². The number of hydrogen-bond acceptors (Lipinski definition) is 2. The van der Waals surface area contributed by atoms with Crippen LogP contribution >= 0.6 is 15.9 Å². The third-order valence-corrected chi connectivity index (χ3v) is 3.60. The SMILES string of the molecule is CCC(C)N(C)c1ccc(CO)c(Br)c1. The highest BCUT2D eigenvalue weighted by Crippen LogP contribution is 2.25. The highest BCUT2D eigenvalue weighted by atomic mass is 79.9. The summed E-state index contributed by atoms with van der Waals surface area (Å²) in [5, 5.41) is 9.06. The molecule has 0 saturated carbocycles. The molecule has 0 aliphatic rings. The summed E-state index contributed by atoms with van der Waals surface area (Å²) in [5.41, 5.74) is 2.10. The molecule has 1 unspecified atom stereocenters. The predicted molar refractivity (Wildman–Crippen MR) is 68.2 cm³/mol. The van der Waals surface area contributed by atoms with Crippen LogP contribution in [0.15, 0.2) is 22.7 Å². The molecule has 1 N–H and O–H groups in total. The normalized spacial score (nSPS) is 12.6. The number of aliphatic hydroxyl groups is 1. The molecule has 84 valence electrons. The number of aliphatic hydroxyl groups excluding tert-OH is 1. The first-order valence-corrected chi connectivity index (χ1v) is 6.01. The maximum atomic E-state index is 9.06. The molecule has 1 atom stereocenters. The van der Waals surface area contributed by atoms with Crippen LogP contribution in [0, 0.1) is 0 Å². The molecular formula is C12H18BrNO. The van der Waals surface area contributed by atoms with Crippen molar-refractivity contribution in [3.63, 3.8) is 0 Å². The first kappa shape index (κ1) is 12.5. The van der Waals surface area contributed by atoms with Crippen molar-refractivity contribution in [1.82, 2.24) is 0 Å². The summed E-state index contributed by atoms with van der Waals surface area (Å²) in [6, 6.07) is 6.58. The molecule has 1 aromatic carbocycles. The van der Waals surface area contributed by atoms with Crippen molar-refractivity contribution in [1.29, 1.82) is 0 Å². The van der Waals surface area contributed by atoms with E-state index < -0.39 is 0 Å². The van der Waals surface area contributed by atoms with Gasteiger partial charge in [0.25, 0.3) is 0 Å². The molecule has 15 heavy (non-hydrogen) atoms. The molecule has 0 aromatic heterocycles. The average molecular weight is 272 g/mol. The number of nitrogens with zero attached hydrogens (tertiary/aromatic N) is 1. The summed E-state index contributed by atoms with van der Waals surface area (Å²) < 4.78 is 0.970. The van der Waals surface area contributed by atoms with Crippen LogP contribution in [-0.4, -0.2) is 18.2 Å². The molecule has 0 aliphatic heterocycles. The fraction of sp³-hybridized carbons (Fsp3) is 0.500. The van der Waals surface area contributed by atoms with E-state index in [4.69, 9.17) is 5.11 Å². The van der Waals surface area contributed by atoms with E-state index in [9.17, 15) is 0 Å². The van der Waals surface area contributed by atoms with E-state index in [1.165, 1.54) is 5.69 Å². The highest BCUT2D eigenvalue weighted by molar-refractivity contribution is 9.10. The summed E-state index contributed by atoms with van der Waals surface area (Å²) in [5.74, 6) is 0. The van der Waals surface area contributed by atoms with Crippen LogP contribution in [-0.2, 0) is 6.61 Å². The molecule has 0 aliphatic carbocycles. The van der Waals surface area contributed by atoms with Crippen LogP contribution in [0.3, 0.4) is 0 Å². The Hall–Kier alpha value is -0.540. The highest BCUT2D eigenvalue weighted by Gasteiger charge is 2.09. The van der Waals surface area contributed by atoms with Gasteiger partial charge in [0.05, 0.1) is 6.61 Å². The molecule has 0 heterocycles. The van der Waals surface area contributed by atoms with Crippen molar-refractivity contribution >= 4 is 21.6 Å². The molecule has 0 fully saturated rings. The lowest BCUT2D eigenvalue weighted by Crippen LogP contribution is -2.27. The summed E-state index contributed by atoms with van der Waals surface area (Å²) in [4.78, 5) is 2.24. The van der Waals surface area contributed by atoms with E-state index in [-0.39, 0.29) is 6.61 Å². The Morgan fingerprint density at radius 2 is 2.13 bits per heavy atom. The lowest BCUT2D eigenvalue weighted by Gasteiger charge is -2.26. The largest absolute Gasteiger partial charge is 0.392 e. The fourth-order valence-electron chi connectivity index (χ4n) is 1.41. The van der Waals surface area contributed by atoms with E-state index in [1.54, 1.807) is 0 Å². The van der Waals surface area contributed by atoms with Gasteiger partial charge < -0.3 is 10.0 Å². The third kappa shape index (κ3) is 2.95. The number of rotatable bonds is 4. The van der Waals surface area contributed by atoms with E-state index in [1.807, 2.05) is 12.1 Å². The van der Waals surface area contributed by atoms with Crippen molar-refractivity contribution in [3.05, 3.63) is 28.2 Å². The van der Waals surface area contributed by atoms with Gasteiger partial charge in [0, 0.05) is 23.2 Å². The standard InChI is InChI=1S/C12H18BrNO/c1-4-9(2)14(3)11-6-5-10(8-15)12(13)7-11/h5-7,9,15H,4,8H2,1-3H3. The molecule has 0 spiro atoms. The van der Waals surface area contributed by atoms with Gasteiger partial charge in [-0.3, -0.25) is 0 Å². The van der Waals surface area contributed by atoms with Crippen LogP contribution in [0.25, 0.3) is 0 Å². The second-order valence-electron chi connectivity index (χ2n) is 3.80. The van der Waals surface area contributed by atoms with Gasteiger partial charge in [-0.15, -0.1) is 0 Å². The average Bonchev–Trinajstić information content (AvgIpc) is 2.26. The van der Waals surface area contributed by atoms with Gasteiger partial charge in [0.15, 0.2) is 0 Å². The van der Waals surface area contributed by atoms with E-state index in [2.05, 4.69) is 47.8 Å². The van der Waals surface area contributed by atoms with Gasteiger partial charge in [-0.1, -0.05) is 28.9 Å². The van der Waals surface area contributed by atoms with Crippen LogP contribution in [0.5, 0.6) is 0 Å². The quantitative estimate of drug-likeness (QED) is 0.910. The number of benzene rings is 1. The predicted octanol–water partition coefficient (Wildman–Crippen LogP) is 3.18. The van der Waals surface area contributed by atoms with Crippen molar-refractivity contribution in [2.24, 2.45) is 0 Å². The zero-order valence-electron chi connectivity index (χ0n) is 9.50. The molecule has 0 amide bonds. The summed E-state index contributed by atoms with van der Waals surface area (Å²) >= 11 is 3.46. The Kier molecular flexibility index (Phi) is 4.61. The zero-order chi connectivity index (χ0) is 11.4. The second-order valence-corrected chi connectivity index (χ2v) is 4.66. The van der Waals surface area contributed by atoms with Gasteiger partial charge in [0.2, 0.25) is 0 Å². The minimum atomic E-state index is 0.0773. The summed E-state index contributed by atoms with van der Waals surface area (Å²) in [6.07, 6.45) is 1.12. The van der Waals surface area contributed by atoms with Crippen molar-refractivity contribution in [3.8, 4) is 0 Å². The number of hydrogen-bond donors (Lipinski definition) is 1. The maximum absolute atomic E-state index is 9.06. The Morgan fingerprint density at radius 1 is 1.47 bits per heavy atom. The Balaban J connectivity index is 2.92. The Morgan fingerprint density at radius 3 is 2.60 bits per heavy atom. The number of halogens is 1. The Labute approximate surface area is 100 Å². The molecule has 0 saturated heterocycles. The smallest absolute Gasteiger partial charge is 0.0692 e. The molecule has 3 heteroatoms. The summed E-state index contributed by atoms with van der Waals surface area (Å²) in [6.45, 7) is 4.46. The molecule has 1 rings (SSSR count). The number of anilines is 1. The lowest BCUT2D eigenvalue weighted by atomic mass is 10.1. The van der Waals surface area contributed by atoms with E-state index >= 15 is 0 Å². The zero-order valence-corrected chi connectivity index (χ0v) is 11.1. The van der Waals surface area contributed by atoms with Crippen LogP contribution in [0.1, 0.15) is 25.8 Å². The monoisotopic (exact) mass is 271 g/mol. The van der Waals surface area contributed by atoms with Crippen LogP contribution < -0.4 is 4.90 Å². The fourth-order valence-corrected chi connectivity index (χ4v) is 1.90. The minimum absolute atomic E-state index is 0.0773. The molecular weight excluding hydrogens is 254 g/mol. The molecule has 0 radical (unpaired) electrons. The first-order valence-electron chi connectivity index (χ1n) is 5.22. The second kappa shape index (κ2) is 5.52. The van der Waals surface area contributed by atoms with Crippen LogP contribution in [0.4, 0.5) is 5.69 Å². The minimum Gasteiger partial charge on any atom is -0.392 e. The van der Waals surface area contributed by atoms with Gasteiger partial charge in [0.1, 0.15) is 0 Å². The van der Waals surface area contributed by atoms with Crippen LogP contribution in [0.2, 0.25) is 0 Å². The lowest BCUT2D eigenvalue weighted by molar-refractivity contribution is 0.281.